The third kappa shape index (κ3) is 4.65. The summed E-state index contributed by atoms with van der Waals surface area (Å²) < 4.78 is 7.45. The number of hydrogen-bond donors (Lipinski definition) is 1. The van der Waals surface area contributed by atoms with Gasteiger partial charge in [0.2, 0.25) is 5.91 Å². The average Bonchev–Trinajstić information content (AvgIpc) is 3.12. The zero-order valence-electron chi connectivity index (χ0n) is 15.3. The lowest BCUT2D eigenvalue weighted by Crippen LogP contribution is -2.24. The van der Waals surface area contributed by atoms with Gasteiger partial charge in [0, 0.05) is 30.2 Å². The van der Waals surface area contributed by atoms with E-state index >= 15 is 0 Å². The van der Waals surface area contributed by atoms with E-state index in [0.717, 1.165) is 17.0 Å². The van der Waals surface area contributed by atoms with Crippen LogP contribution in [0.15, 0.2) is 53.9 Å². The van der Waals surface area contributed by atoms with Crippen molar-refractivity contribution >= 4 is 17.7 Å². The summed E-state index contributed by atoms with van der Waals surface area (Å²) in [5, 5.41) is 12.1. The van der Waals surface area contributed by atoms with Gasteiger partial charge in [0.05, 0.1) is 12.4 Å². The molecule has 0 bridgehead atoms. The van der Waals surface area contributed by atoms with E-state index in [9.17, 15) is 4.79 Å². The van der Waals surface area contributed by atoms with E-state index in [1.54, 1.807) is 12.4 Å². The number of ether oxygens (including phenoxy) is 1. The van der Waals surface area contributed by atoms with Gasteiger partial charge in [-0.3, -0.25) is 14.3 Å². The zero-order valence-corrected chi connectivity index (χ0v) is 16.1. The van der Waals surface area contributed by atoms with Crippen LogP contribution < -0.4 is 10.1 Å². The highest BCUT2D eigenvalue weighted by molar-refractivity contribution is 7.99. The van der Waals surface area contributed by atoms with Crippen molar-refractivity contribution in [1.82, 2.24) is 25.1 Å². The molecule has 7 nitrogen and oxygen atoms in total. The van der Waals surface area contributed by atoms with Crippen LogP contribution in [-0.2, 0) is 4.79 Å². The maximum Gasteiger partial charge on any atom is 0.230 e. The normalized spacial score (nSPS) is 10.6. The standard InChI is InChI=1S/C19H21N5O2S/c1-3-21-17(25)13-27-19-23-22-18(14-6-5-11-20-12-14)24(19)15-7-9-16(10-8-15)26-4-2/h5-12H,3-4,13H2,1-2H3,(H,21,25). The monoisotopic (exact) mass is 383 g/mol. The Hall–Kier alpha value is -2.87. The molecule has 0 radical (unpaired) electrons. The molecule has 2 heterocycles. The third-order valence-electron chi connectivity index (χ3n) is 3.67. The number of aromatic nitrogens is 4. The largest absolute Gasteiger partial charge is 0.494 e. The SMILES string of the molecule is CCNC(=O)CSc1nnc(-c2cccnc2)n1-c1ccc(OCC)cc1. The Morgan fingerprint density at radius 3 is 2.67 bits per heavy atom. The maximum atomic E-state index is 11.8. The van der Waals surface area contributed by atoms with Crippen LogP contribution in [0.4, 0.5) is 0 Å². The fourth-order valence-electron chi connectivity index (χ4n) is 2.51. The highest BCUT2D eigenvalue weighted by Crippen LogP contribution is 2.28. The minimum absolute atomic E-state index is 0.0355. The van der Waals surface area contributed by atoms with Crippen molar-refractivity contribution in [1.29, 1.82) is 0 Å². The number of nitrogens with one attached hydrogen (secondary N) is 1. The molecule has 0 saturated carbocycles. The maximum absolute atomic E-state index is 11.8. The summed E-state index contributed by atoms with van der Waals surface area (Å²) in [4.78, 5) is 16.0. The van der Waals surface area contributed by atoms with E-state index < -0.39 is 0 Å². The molecule has 1 aromatic carbocycles. The molecule has 1 amide bonds. The fraction of sp³-hybridized carbons (Fsp3) is 0.263. The second kappa shape index (κ2) is 9.18. The second-order valence-corrected chi connectivity index (χ2v) is 6.49. The van der Waals surface area contributed by atoms with Crippen molar-refractivity contribution in [2.75, 3.05) is 18.9 Å². The summed E-state index contributed by atoms with van der Waals surface area (Å²) in [6.45, 7) is 5.06. The average molecular weight is 383 g/mol. The summed E-state index contributed by atoms with van der Waals surface area (Å²) in [6, 6.07) is 11.5. The molecular formula is C19H21N5O2S. The van der Waals surface area contributed by atoms with Crippen LogP contribution in [0.5, 0.6) is 5.75 Å². The predicted molar refractivity (Wildman–Crippen MR) is 105 cm³/mol. The molecule has 3 aromatic rings. The summed E-state index contributed by atoms with van der Waals surface area (Å²) >= 11 is 1.35. The van der Waals surface area contributed by atoms with Crippen LogP contribution in [0.2, 0.25) is 0 Å². The summed E-state index contributed by atoms with van der Waals surface area (Å²) in [6.07, 6.45) is 3.46. The van der Waals surface area contributed by atoms with Gasteiger partial charge in [-0.1, -0.05) is 11.8 Å². The molecule has 0 atom stereocenters. The van der Waals surface area contributed by atoms with Gasteiger partial charge < -0.3 is 10.1 Å². The van der Waals surface area contributed by atoms with Gasteiger partial charge in [0.15, 0.2) is 11.0 Å². The van der Waals surface area contributed by atoms with Gasteiger partial charge in [-0.15, -0.1) is 10.2 Å². The lowest BCUT2D eigenvalue weighted by atomic mass is 10.2. The van der Waals surface area contributed by atoms with Crippen molar-refractivity contribution in [3.63, 3.8) is 0 Å². The van der Waals surface area contributed by atoms with Crippen LogP contribution in [0.1, 0.15) is 13.8 Å². The van der Waals surface area contributed by atoms with Crippen LogP contribution in [0.25, 0.3) is 17.1 Å². The molecule has 0 aliphatic heterocycles. The highest BCUT2D eigenvalue weighted by Gasteiger charge is 2.17. The van der Waals surface area contributed by atoms with E-state index in [2.05, 4.69) is 20.5 Å². The molecule has 1 N–H and O–H groups in total. The van der Waals surface area contributed by atoms with Gasteiger partial charge in [-0.25, -0.2) is 0 Å². The molecule has 0 fully saturated rings. The minimum atomic E-state index is -0.0355. The van der Waals surface area contributed by atoms with Gasteiger partial charge >= 0.3 is 0 Å². The Labute approximate surface area is 162 Å². The third-order valence-corrected chi connectivity index (χ3v) is 4.59. The lowest BCUT2D eigenvalue weighted by molar-refractivity contribution is -0.118. The molecule has 0 spiro atoms. The first kappa shape index (κ1) is 18.9. The van der Waals surface area contributed by atoms with Gasteiger partial charge in [-0.05, 0) is 50.2 Å². The summed E-state index contributed by atoms with van der Waals surface area (Å²) in [5.41, 5.74) is 1.74. The highest BCUT2D eigenvalue weighted by atomic mass is 32.2. The summed E-state index contributed by atoms with van der Waals surface area (Å²) in [5.74, 6) is 1.71. The molecule has 0 aliphatic rings. The van der Waals surface area contributed by atoms with Crippen LogP contribution in [-0.4, -0.2) is 44.6 Å². The number of carbonyl (C=O) groups is 1. The Morgan fingerprint density at radius 1 is 1.19 bits per heavy atom. The molecule has 140 valence electrons. The van der Waals surface area contributed by atoms with Crippen molar-refractivity contribution in [3.8, 4) is 22.8 Å². The van der Waals surface area contributed by atoms with E-state index in [0.29, 0.717) is 24.1 Å². The predicted octanol–water partition coefficient (Wildman–Crippen LogP) is 2.96. The number of amides is 1. The number of carbonyl (C=O) groups excluding carboxylic acids is 1. The number of rotatable bonds is 8. The van der Waals surface area contributed by atoms with E-state index in [1.165, 1.54) is 11.8 Å². The molecule has 2 aromatic heterocycles. The first-order valence-electron chi connectivity index (χ1n) is 8.71. The Morgan fingerprint density at radius 2 is 2.00 bits per heavy atom. The lowest BCUT2D eigenvalue weighted by Gasteiger charge is -2.11. The van der Waals surface area contributed by atoms with Crippen molar-refractivity contribution in [2.45, 2.75) is 19.0 Å². The van der Waals surface area contributed by atoms with Crippen molar-refractivity contribution < 1.29 is 9.53 Å². The van der Waals surface area contributed by atoms with Crippen molar-refractivity contribution in [2.24, 2.45) is 0 Å². The number of nitrogens with zero attached hydrogens (tertiary/aromatic N) is 4. The topological polar surface area (TPSA) is 81.9 Å². The Kier molecular flexibility index (Phi) is 6.43. The molecule has 0 aliphatic carbocycles. The number of pyridine rings is 1. The van der Waals surface area contributed by atoms with E-state index in [1.807, 2.05) is 54.8 Å². The molecule has 8 heteroatoms. The van der Waals surface area contributed by atoms with Crippen LogP contribution in [0, 0.1) is 0 Å². The smallest absolute Gasteiger partial charge is 0.230 e. The minimum Gasteiger partial charge on any atom is -0.494 e. The molecular weight excluding hydrogens is 362 g/mol. The first-order valence-corrected chi connectivity index (χ1v) is 9.70. The van der Waals surface area contributed by atoms with Crippen LogP contribution in [0.3, 0.4) is 0 Å². The second-order valence-electron chi connectivity index (χ2n) is 5.55. The number of thioether (sulfide) groups is 1. The molecule has 0 unspecified atom stereocenters. The molecule has 3 rings (SSSR count). The fourth-order valence-corrected chi connectivity index (χ4v) is 3.30. The zero-order chi connectivity index (χ0) is 19.1. The molecule has 0 saturated heterocycles. The van der Waals surface area contributed by atoms with E-state index in [4.69, 9.17) is 4.74 Å². The van der Waals surface area contributed by atoms with Gasteiger partial charge in [0.25, 0.3) is 0 Å². The number of hydrogen-bond acceptors (Lipinski definition) is 6. The van der Waals surface area contributed by atoms with E-state index in [-0.39, 0.29) is 11.7 Å². The van der Waals surface area contributed by atoms with Crippen LogP contribution >= 0.6 is 11.8 Å². The quantitative estimate of drug-likeness (QED) is 0.602. The summed E-state index contributed by atoms with van der Waals surface area (Å²) in [7, 11) is 0. The Bertz CT molecular complexity index is 881. The Balaban J connectivity index is 1.96. The van der Waals surface area contributed by atoms with Gasteiger partial charge in [-0.2, -0.15) is 0 Å². The van der Waals surface area contributed by atoms with Crippen molar-refractivity contribution in [3.05, 3.63) is 48.8 Å². The first-order chi connectivity index (χ1) is 13.2. The number of benzene rings is 1. The molecule has 27 heavy (non-hydrogen) atoms. The van der Waals surface area contributed by atoms with Gasteiger partial charge in [0.1, 0.15) is 5.75 Å².